The molecule has 8 heteroatoms. The number of fused-ring (bicyclic) bond motifs is 1. The van der Waals surface area contributed by atoms with Gasteiger partial charge in [0, 0.05) is 23.9 Å². The average molecular weight is 471 g/mol. The summed E-state index contributed by atoms with van der Waals surface area (Å²) in [7, 11) is 0. The number of benzene rings is 2. The van der Waals surface area contributed by atoms with Crippen LogP contribution in [0.2, 0.25) is 0 Å². The molecule has 0 bridgehead atoms. The van der Waals surface area contributed by atoms with Gasteiger partial charge in [0.2, 0.25) is 5.91 Å². The molecule has 2 atom stereocenters. The number of alkyl halides is 3. The molecule has 180 valence electrons. The lowest BCUT2D eigenvalue weighted by Crippen LogP contribution is -2.26. The van der Waals surface area contributed by atoms with E-state index in [2.05, 4.69) is 20.6 Å². The van der Waals surface area contributed by atoms with Crippen molar-refractivity contribution in [3.8, 4) is 0 Å². The largest absolute Gasteiger partial charge is 0.416 e. The van der Waals surface area contributed by atoms with Crippen molar-refractivity contribution in [3.05, 3.63) is 64.5 Å². The van der Waals surface area contributed by atoms with Crippen LogP contribution in [0.4, 0.5) is 19.0 Å². The van der Waals surface area contributed by atoms with Crippen molar-refractivity contribution in [2.75, 3.05) is 5.32 Å². The third-order valence-electron chi connectivity index (χ3n) is 6.23. The maximum Gasteiger partial charge on any atom is 0.416 e. The Morgan fingerprint density at radius 1 is 1.12 bits per heavy atom. The van der Waals surface area contributed by atoms with E-state index in [0.717, 1.165) is 47.0 Å². The number of nitrogens with zero attached hydrogens (tertiary/aromatic N) is 2. The number of nitrogens with one attached hydrogen (secondary N) is 2. The second-order valence-electron chi connectivity index (χ2n) is 9.28. The van der Waals surface area contributed by atoms with Crippen LogP contribution in [0.5, 0.6) is 0 Å². The van der Waals surface area contributed by atoms with Crippen LogP contribution in [-0.2, 0) is 11.0 Å². The number of hydrogen-bond acceptors (Lipinski definition) is 4. The van der Waals surface area contributed by atoms with Gasteiger partial charge in [0.25, 0.3) is 0 Å². The fraction of sp³-hybridized carbons (Fsp3) is 0.423. The van der Waals surface area contributed by atoms with Gasteiger partial charge in [-0.2, -0.15) is 13.2 Å². The number of rotatable bonds is 7. The zero-order valence-electron chi connectivity index (χ0n) is 19.8. The number of carbonyl (C=O) groups is 1. The average Bonchev–Trinajstić information content (AvgIpc) is 3.56. The summed E-state index contributed by atoms with van der Waals surface area (Å²) in [5.74, 6) is 1.17. The van der Waals surface area contributed by atoms with E-state index in [-0.39, 0.29) is 11.8 Å². The third-order valence-corrected chi connectivity index (χ3v) is 6.23. The van der Waals surface area contributed by atoms with Crippen LogP contribution in [0.25, 0.3) is 10.9 Å². The summed E-state index contributed by atoms with van der Waals surface area (Å²) < 4.78 is 39.5. The van der Waals surface area contributed by atoms with Gasteiger partial charge in [-0.05, 0) is 80.5 Å². The molecule has 0 radical (unpaired) electrons. The Balaban J connectivity index is 1.64. The molecule has 0 aliphatic heterocycles. The highest BCUT2D eigenvalue weighted by Crippen LogP contribution is 2.34. The molecule has 1 amide bonds. The zero-order chi connectivity index (χ0) is 24.6. The Labute approximate surface area is 197 Å². The normalized spacial score (nSPS) is 15.7. The number of anilines is 1. The molecule has 1 unspecified atom stereocenters. The maximum absolute atomic E-state index is 13.2. The topological polar surface area (TPSA) is 66.9 Å². The smallest absolute Gasteiger partial charge is 0.363 e. The minimum Gasteiger partial charge on any atom is -0.363 e. The van der Waals surface area contributed by atoms with Crippen LogP contribution in [-0.4, -0.2) is 21.9 Å². The van der Waals surface area contributed by atoms with Crippen molar-refractivity contribution in [2.24, 2.45) is 0 Å². The Morgan fingerprint density at radius 3 is 2.53 bits per heavy atom. The van der Waals surface area contributed by atoms with Crippen LogP contribution in [0.1, 0.15) is 73.1 Å². The Hall–Kier alpha value is -3.16. The molecule has 2 N–H and O–H groups in total. The van der Waals surface area contributed by atoms with Crippen molar-refractivity contribution >= 4 is 22.6 Å². The SMILES string of the molecule is Cc1nc(N[C@H](C)c2cccc(C(F)(F)F)c2)c2cc(C(C)CC(=O)NC3CC3)c(C)cc2n1. The standard InChI is InChI=1S/C26H29F3N4O/c1-14-10-23-22(13-21(14)15(2)11-24(34)33-20-8-9-20)25(32-17(4)31-23)30-16(3)18-6-5-7-19(12-18)26(27,28)29/h5-7,10,12-13,15-16,20H,8-9,11H2,1-4H3,(H,33,34)(H,30,31,32)/t15?,16-/m1/s1. The molecular formula is C26H29F3N4O. The molecule has 4 rings (SSSR count). The van der Waals surface area contributed by atoms with Gasteiger partial charge in [-0.25, -0.2) is 9.97 Å². The Kier molecular flexibility index (Phi) is 6.51. The van der Waals surface area contributed by atoms with Crippen LogP contribution in [0.3, 0.4) is 0 Å². The number of halogens is 3. The van der Waals surface area contributed by atoms with Gasteiger partial charge in [0.15, 0.2) is 0 Å². The highest BCUT2D eigenvalue weighted by molar-refractivity contribution is 5.91. The molecule has 0 saturated heterocycles. The highest BCUT2D eigenvalue weighted by Gasteiger charge is 2.31. The summed E-state index contributed by atoms with van der Waals surface area (Å²) in [5, 5.41) is 7.09. The van der Waals surface area contributed by atoms with Crippen molar-refractivity contribution in [1.29, 1.82) is 0 Å². The molecule has 1 aromatic heterocycles. The lowest BCUT2D eigenvalue weighted by atomic mass is 9.91. The van der Waals surface area contributed by atoms with Crippen LogP contribution in [0.15, 0.2) is 36.4 Å². The maximum atomic E-state index is 13.2. The number of hydrogen-bond donors (Lipinski definition) is 2. The van der Waals surface area contributed by atoms with E-state index in [4.69, 9.17) is 0 Å². The molecule has 1 saturated carbocycles. The first-order chi connectivity index (χ1) is 16.0. The van der Waals surface area contributed by atoms with Crippen molar-refractivity contribution in [1.82, 2.24) is 15.3 Å². The molecule has 1 aliphatic rings. The second-order valence-corrected chi connectivity index (χ2v) is 9.28. The molecular weight excluding hydrogens is 441 g/mol. The summed E-state index contributed by atoms with van der Waals surface area (Å²) in [5.41, 5.74) is 2.65. The monoisotopic (exact) mass is 470 g/mol. The van der Waals surface area contributed by atoms with Crippen molar-refractivity contribution in [2.45, 2.75) is 71.1 Å². The lowest BCUT2D eigenvalue weighted by molar-refractivity contribution is -0.137. The van der Waals surface area contributed by atoms with Gasteiger partial charge in [-0.15, -0.1) is 0 Å². The van der Waals surface area contributed by atoms with E-state index in [9.17, 15) is 18.0 Å². The second kappa shape index (κ2) is 9.24. The zero-order valence-corrected chi connectivity index (χ0v) is 19.8. The summed E-state index contributed by atoms with van der Waals surface area (Å²) in [6.45, 7) is 7.61. The molecule has 3 aromatic rings. The Morgan fingerprint density at radius 2 is 1.85 bits per heavy atom. The predicted octanol–water partition coefficient (Wildman–Crippen LogP) is 6.21. The summed E-state index contributed by atoms with van der Waals surface area (Å²) in [6.07, 6.45) is -1.92. The van der Waals surface area contributed by atoms with E-state index < -0.39 is 17.8 Å². The quantitative estimate of drug-likeness (QED) is 0.431. The summed E-state index contributed by atoms with van der Waals surface area (Å²) in [4.78, 5) is 21.4. The van der Waals surface area contributed by atoms with Crippen LogP contribution in [0, 0.1) is 13.8 Å². The molecule has 2 aromatic carbocycles. The van der Waals surface area contributed by atoms with E-state index in [1.807, 2.05) is 26.0 Å². The van der Waals surface area contributed by atoms with E-state index in [1.54, 1.807) is 19.9 Å². The first-order valence-corrected chi connectivity index (χ1v) is 11.5. The first kappa shape index (κ1) is 24.0. The molecule has 1 heterocycles. The lowest BCUT2D eigenvalue weighted by Gasteiger charge is -2.20. The van der Waals surface area contributed by atoms with Gasteiger partial charge in [0.05, 0.1) is 11.1 Å². The fourth-order valence-corrected chi connectivity index (χ4v) is 4.23. The van der Waals surface area contributed by atoms with Gasteiger partial charge in [-0.1, -0.05) is 19.1 Å². The number of aryl methyl sites for hydroxylation is 2. The van der Waals surface area contributed by atoms with Crippen LogP contribution < -0.4 is 10.6 Å². The molecule has 0 spiro atoms. The minimum atomic E-state index is -4.40. The Bertz CT molecular complexity index is 1220. The van der Waals surface area contributed by atoms with Gasteiger partial charge in [-0.3, -0.25) is 4.79 Å². The number of carbonyl (C=O) groups excluding carboxylic acids is 1. The molecule has 1 aliphatic carbocycles. The van der Waals surface area contributed by atoms with E-state index >= 15 is 0 Å². The van der Waals surface area contributed by atoms with E-state index in [1.165, 1.54) is 6.07 Å². The van der Waals surface area contributed by atoms with Crippen molar-refractivity contribution < 1.29 is 18.0 Å². The van der Waals surface area contributed by atoms with E-state index in [0.29, 0.717) is 29.7 Å². The minimum absolute atomic E-state index is 0.00167. The molecule has 1 fully saturated rings. The predicted molar refractivity (Wildman–Crippen MR) is 127 cm³/mol. The van der Waals surface area contributed by atoms with Gasteiger partial charge < -0.3 is 10.6 Å². The molecule has 5 nitrogen and oxygen atoms in total. The summed E-state index contributed by atoms with van der Waals surface area (Å²) in [6, 6.07) is 9.19. The molecule has 34 heavy (non-hydrogen) atoms. The third kappa shape index (κ3) is 5.48. The highest BCUT2D eigenvalue weighted by atomic mass is 19.4. The van der Waals surface area contributed by atoms with Crippen molar-refractivity contribution in [3.63, 3.8) is 0 Å². The summed E-state index contributed by atoms with van der Waals surface area (Å²) >= 11 is 0. The number of aromatic nitrogens is 2. The van der Waals surface area contributed by atoms with Crippen LogP contribution >= 0.6 is 0 Å². The fourth-order valence-electron chi connectivity index (χ4n) is 4.23. The van der Waals surface area contributed by atoms with Gasteiger partial charge >= 0.3 is 6.18 Å². The van der Waals surface area contributed by atoms with Gasteiger partial charge in [0.1, 0.15) is 11.6 Å². The number of amides is 1. The first-order valence-electron chi connectivity index (χ1n) is 11.5.